The first-order chi connectivity index (χ1) is 34.6. The SMILES string of the molecule is C=C(CC[C@]12O[C@H](c3n[nH]c(=S)n3C)[C@@](O)(C(=O)OCc3ccc([N+](=O)[O-])cc3)[C@](C(=O)OCc3ccc([N+](=O)[O-])cc3)(O1)[C@H](OC(=O)/C=C/[C@@H](C)C[C@@H](C)CC)[C@H]2O)[C@@H](OC(C)=O)[C@H](C)Cc1ccccc1. The van der Waals surface area contributed by atoms with Gasteiger partial charge in [0.2, 0.25) is 11.4 Å². The second-order valence-electron chi connectivity index (χ2n) is 18.6. The molecule has 2 saturated heterocycles. The van der Waals surface area contributed by atoms with E-state index < -0.39 is 94.8 Å². The third-order valence-corrected chi connectivity index (χ3v) is 13.6. The van der Waals surface area contributed by atoms with Crippen LogP contribution >= 0.6 is 12.2 Å². The normalized spacial score (nSPS) is 23.9. The molecule has 73 heavy (non-hydrogen) atoms. The summed E-state index contributed by atoms with van der Waals surface area (Å²) in [5, 5.41) is 56.0. The zero-order valence-electron chi connectivity index (χ0n) is 41.2. The number of ether oxygens (including phenoxy) is 6. The van der Waals surface area contributed by atoms with Gasteiger partial charge in [0.1, 0.15) is 25.4 Å². The first-order valence-corrected chi connectivity index (χ1v) is 24.0. The topological polar surface area (TPSA) is 284 Å². The minimum Gasteiger partial charge on any atom is -0.459 e. The molecule has 0 unspecified atom stereocenters. The number of hydrogen-bond acceptors (Lipinski definition) is 18. The molecule has 0 radical (unpaired) electrons. The number of esters is 4. The molecule has 3 aromatic carbocycles. The Balaban J connectivity index is 1.51. The summed E-state index contributed by atoms with van der Waals surface area (Å²) in [6, 6.07) is 19.2. The zero-order valence-corrected chi connectivity index (χ0v) is 42.0. The zero-order chi connectivity index (χ0) is 53.4. The summed E-state index contributed by atoms with van der Waals surface area (Å²) in [5.41, 5.74) is -5.83. The van der Waals surface area contributed by atoms with Gasteiger partial charge in [-0.05, 0) is 89.8 Å². The third kappa shape index (κ3) is 11.9. The summed E-state index contributed by atoms with van der Waals surface area (Å²) in [6.45, 7) is 11.9. The lowest BCUT2D eigenvalue weighted by Crippen LogP contribution is -2.75. The van der Waals surface area contributed by atoms with Crippen molar-refractivity contribution in [3.8, 4) is 0 Å². The van der Waals surface area contributed by atoms with Gasteiger partial charge in [-0.1, -0.05) is 77.1 Å². The molecule has 2 aliphatic heterocycles. The molecule has 22 heteroatoms. The highest BCUT2D eigenvalue weighted by atomic mass is 32.1. The Labute approximate surface area is 425 Å². The molecule has 3 N–H and O–H groups in total. The van der Waals surface area contributed by atoms with Crippen molar-refractivity contribution in [2.75, 3.05) is 0 Å². The van der Waals surface area contributed by atoms with Gasteiger partial charge in [-0.2, -0.15) is 5.10 Å². The predicted octanol–water partition coefficient (Wildman–Crippen LogP) is 7.10. The number of carbonyl (C=O) groups excluding carboxylic acids is 4. The Kier molecular flexibility index (Phi) is 17.6. The van der Waals surface area contributed by atoms with E-state index in [1.165, 1.54) is 42.8 Å². The molecular formula is C51H59N5O16S. The van der Waals surface area contributed by atoms with E-state index in [0.717, 1.165) is 42.3 Å². The van der Waals surface area contributed by atoms with Crippen molar-refractivity contribution in [1.82, 2.24) is 14.8 Å². The van der Waals surface area contributed by atoms with E-state index in [1.807, 2.05) is 58.0 Å². The number of hydrogen-bond donors (Lipinski definition) is 3. The number of nitrogens with zero attached hydrogens (tertiary/aromatic N) is 4. The second-order valence-corrected chi connectivity index (χ2v) is 19.0. The van der Waals surface area contributed by atoms with Crippen molar-refractivity contribution in [2.24, 2.45) is 24.8 Å². The number of fused-ring (bicyclic) bond motifs is 2. The summed E-state index contributed by atoms with van der Waals surface area (Å²) in [4.78, 5) is 78.9. The maximum atomic E-state index is 15.4. The Morgan fingerprint density at radius 2 is 1.51 bits per heavy atom. The van der Waals surface area contributed by atoms with Crippen LogP contribution in [0.25, 0.3) is 0 Å². The molecule has 3 heterocycles. The molecule has 21 nitrogen and oxygen atoms in total. The van der Waals surface area contributed by atoms with Gasteiger partial charge in [-0.25, -0.2) is 14.4 Å². The van der Waals surface area contributed by atoms with Crippen molar-refractivity contribution in [1.29, 1.82) is 0 Å². The van der Waals surface area contributed by atoms with Gasteiger partial charge < -0.3 is 43.2 Å². The Morgan fingerprint density at radius 1 is 0.932 bits per heavy atom. The fraction of sp³-hybridized carbons (Fsp3) is 0.451. The van der Waals surface area contributed by atoms with E-state index in [0.29, 0.717) is 18.4 Å². The first-order valence-electron chi connectivity index (χ1n) is 23.5. The monoisotopic (exact) mass is 1030 g/mol. The molecule has 2 aliphatic rings. The summed E-state index contributed by atoms with van der Waals surface area (Å²) in [7, 11) is 1.40. The number of H-pyrrole nitrogens is 1. The van der Waals surface area contributed by atoms with Crippen molar-refractivity contribution < 1.29 is 67.7 Å². The lowest BCUT2D eigenvalue weighted by atomic mass is 9.74. The average Bonchev–Trinajstić information content (AvgIpc) is 3.81. The number of rotatable bonds is 23. The van der Waals surface area contributed by atoms with Gasteiger partial charge in [-0.3, -0.25) is 30.1 Å². The number of carbonyl (C=O) groups is 4. The average molecular weight is 1030 g/mol. The Bertz CT molecular complexity index is 2770. The fourth-order valence-corrected chi connectivity index (χ4v) is 9.24. The number of aliphatic hydroxyl groups is 2. The minimum absolute atomic E-state index is 0.0620. The minimum atomic E-state index is -3.55. The molecule has 0 saturated carbocycles. The fourth-order valence-electron chi connectivity index (χ4n) is 9.10. The molecule has 0 spiro atoms. The highest BCUT2D eigenvalue weighted by Crippen LogP contribution is 2.60. The van der Waals surface area contributed by atoms with Crippen molar-refractivity contribution in [3.05, 3.63) is 151 Å². The number of nitrogens with one attached hydrogen (secondary N) is 1. The van der Waals surface area contributed by atoms with Crippen molar-refractivity contribution in [2.45, 2.75) is 121 Å². The number of aromatic amines is 1. The van der Waals surface area contributed by atoms with Crippen LogP contribution in [0.2, 0.25) is 0 Å². The largest absolute Gasteiger partial charge is 0.459 e. The van der Waals surface area contributed by atoms with Crippen molar-refractivity contribution in [3.63, 3.8) is 0 Å². The molecule has 4 aromatic rings. The standard InChI is InChI=1S/C51H59N5O16S/c1-8-30(2)26-31(3)14-23-40(58)70-43-42(59)49(25-24-32(4)41(69-34(6)57)33(5)27-35-12-10-9-11-13-35)71-44(45-52-53-48(73)54(45)7)50(62,46(60)67-28-36-15-19-38(20-16-36)55(63)64)51(43,72-49)47(61)68-29-37-17-21-39(22-18-37)56(65)66/h9-23,30-31,33,41-44,59,62H,4,8,24-29H2,1-3,5-7H3,(H,53,73)/b23-14+/t30-,31+,33+,41+,42+,43+,44+,49-,50+,51-/m0/s1. The number of benzene rings is 3. The van der Waals surface area contributed by atoms with Gasteiger partial charge in [0.15, 0.2) is 22.8 Å². The van der Waals surface area contributed by atoms with Crippen LogP contribution in [-0.2, 0) is 74.3 Å². The van der Waals surface area contributed by atoms with Crippen LogP contribution < -0.4 is 0 Å². The van der Waals surface area contributed by atoms with E-state index in [4.69, 9.17) is 40.6 Å². The number of aliphatic hydroxyl groups excluding tert-OH is 1. The number of aromatic nitrogens is 3. The van der Waals surface area contributed by atoms with Crippen LogP contribution in [0.4, 0.5) is 11.4 Å². The molecule has 0 amide bonds. The van der Waals surface area contributed by atoms with Crippen LogP contribution in [0.1, 0.15) is 88.9 Å². The number of nitro benzene ring substituents is 2. The maximum Gasteiger partial charge on any atom is 0.346 e. The number of non-ortho nitro benzene ring substituents is 2. The van der Waals surface area contributed by atoms with Crippen LogP contribution in [0.15, 0.2) is 103 Å². The van der Waals surface area contributed by atoms with E-state index in [1.54, 1.807) is 6.08 Å². The lowest BCUT2D eigenvalue weighted by molar-refractivity contribution is -0.385. The molecular weight excluding hydrogens is 971 g/mol. The molecule has 0 aliphatic carbocycles. The number of allylic oxidation sites excluding steroid dienone is 1. The number of nitro groups is 2. The van der Waals surface area contributed by atoms with Crippen LogP contribution in [0.3, 0.4) is 0 Å². The van der Waals surface area contributed by atoms with Gasteiger partial charge in [0.05, 0.1) is 9.85 Å². The third-order valence-electron chi connectivity index (χ3n) is 13.2. The summed E-state index contributed by atoms with van der Waals surface area (Å²) >= 11 is 5.44. The lowest BCUT2D eigenvalue weighted by Gasteiger charge is -2.50. The van der Waals surface area contributed by atoms with Gasteiger partial charge in [0.25, 0.3) is 17.0 Å². The van der Waals surface area contributed by atoms with Crippen LogP contribution in [-0.4, -0.2) is 94.0 Å². The molecule has 6 rings (SSSR count). The molecule has 390 valence electrons. The summed E-state index contributed by atoms with van der Waals surface area (Å²) in [6.07, 6.45) is -3.81. The Morgan fingerprint density at radius 3 is 2.03 bits per heavy atom. The predicted molar refractivity (Wildman–Crippen MR) is 261 cm³/mol. The quantitative estimate of drug-likeness (QED) is 0.0127. The Hall–Kier alpha value is -6.98. The summed E-state index contributed by atoms with van der Waals surface area (Å²) in [5.74, 6) is -8.14. The van der Waals surface area contributed by atoms with E-state index >= 15 is 9.59 Å². The molecule has 2 bridgehead atoms. The van der Waals surface area contributed by atoms with E-state index in [-0.39, 0.29) is 57.3 Å². The summed E-state index contributed by atoms with van der Waals surface area (Å²) < 4.78 is 37.7. The van der Waals surface area contributed by atoms with Gasteiger partial charge >= 0.3 is 23.9 Å². The maximum absolute atomic E-state index is 15.4. The molecule has 1 aromatic heterocycles. The van der Waals surface area contributed by atoms with Gasteiger partial charge in [-0.15, -0.1) is 0 Å². The second kappa shape index (κ2) is 23.3. The van der Waals surface area contributed by atoms with Gasteiger partial charge in [0, 0.05) is 56.7 Å². The van der Waals surface area contributed by atoms with E-state index in [2.05, 4.69) is 16.8 Å². The molecule has 2 fully saturated rings. The van der Waals surface area contributed by atoms with Crippen molar-refractivity contribution >= 4 is 47.5 Å². The highest BCUT2D eigenvalue weighted by molar-refractivity contribution is 7.71. The van der Waals surface area contributed by atoms with Crippen LogP contribution in [0, 0.1) is 42.8 Å². The molecule has 10 atom stereocenters. The first kappa shape index (κ1) is 55.3. The van der Waals surface area contributed by atoms with Crippen LogP contribution in [0.5, 0.6) is 0 Å². The smallest absolute Gasteiger partial charge is 0.346 e. The highest BCUT2D eigenvalue weighted by Gasteiger charge is 2.86. The van der Waals surface area contributed by atoms with E-state index in [9.17, 15) is 40.0 Å².